The number of alkyl carbamates (subject to hydrolysis) is 2. The number of carboxylic acids is 1. The van der Waals surface area contributed by atoms with Crippen molar-refractivity contribution in [2.24, 2.45) is 39.4 Å². The molecule has 0 aromatic heterocycles. The molecule has 17 N–H and O–H groups in total. The molecule has 0 fully saturated rings. The predicted molar refractivity (Wildman–Crippen MR) is 274 cm³/mol. The van der Waals surface area contributed by atoms with E-state index >= 15 is 0 Å². The zero-order valence-corrected chi connectivity index (χ0v) is 43.7. The molecule has 2 rings (SSSR count). The molecule has 4 unspecified atom stereocenters. The van der Waals surface area contributed by atoms with Crippen molar-refractivity contribution >= 4 is 47.7 Å². The van der Waals surface area contributed by atoms with E-state index in [0.717, 1.165) is 24.0 Å². The number of nitrogens with two attached hydrogens (primary N) is 6. The number of nitrogens with one attached hydrogen (secondary N) is 4. The Morgan fingerprint density at radius 2 is 1.00 bits per heavy atom. The molecule has 400 valence electrons. The van der Waals surface area contributed by atoms with Gasteiger partial charge in [-0.25, -0.2) is 14.4 Å². The maximum absolute atomic E-state index is 13.1. The van der Waals surface area contributed by atoms with Crippen LogP contribution in [0.5, 0.6) is 11.5 Å². The number of carbonyl (C=O) groups excluding carboxylic acids is 5. The largest absolute Gasteiger partial charge is 0.488 e. The molecule has 2 aromatic rings. The van der Waals surface area contributed by atoms with Gasteiger partial charge >= 0.3 is 18.2 Å². The van der Waals surface area contributed by atoms with E-state index in [1.165, 1.54) is 0 Å². The second-order valence-electron chi connectivity index (χ2n) is 20.6. The number of nitrogens with zero attached hydrogens (tertiary/aromatic N) is 1. The van der Waals surface area contributed by atoms with Crippen LogP contribution in [-0.2, 0) is 41.5 Å². The average molecular weight is 1000 g/mol. The van der Waals surface area contributed by atoms with Crippen molar-refractivity contribution in [3.05, 3.63) is 59.7 Å². The fourth-order valence-electron chi connectivity index (χ4n) is 5.76. The number of amidine groups is 1. The van der Waals surface area contributed by atoms with E-state index in [1.807, 2.05) is 41.5 Å². The fourth-order valence-corrected chi connectivity index (χ4v) is 5.76. The topological polar surface area (TPSA) is 388 Å². The molecule has 71 heavy (non-hydrogen) atoms. The number of hydrogen-bond acceptors (Lipinski definition) is 13. The lowest BCUT2D eigenvalue weighted by atomic mass is 10.0. The molecule has 0 radical (unpaired) electrons. The molecule has 0 saturated carbocycles. The van der Waals surface area contributed by atoms with Gasteiger partial charge in [-0.3, -0.25) is 24.8 Å². The zero-order chi connectivity index (χ0) is 54.9. The van der Waals surface area contributed by atoms with Crippen LogP contribution in [-0.4, -0.2) is 106 Å². The predicted octanol–water partition coefficient (Wildman–Crippen LogP) is 4.00. The highest BCUT2D eigenvalue weighted by Gasteiger charge is 2.29. The van der Waals surface area contributed by atoms with E-state index in [0.29, 0.717) is 30.8 Å². The maximum atomic E-state index is 13.1. The normalized spacial score (nSPS) is 13.0. The molecule has 0 heterocycles. The minimum absolute atomic E-state index is 0.0646. The van der Waals surface area contributed by atoms with Crippen molar-refractivity contribution in [1.82, 2.24) is 16.0 Å². The molecule has 0 spiro atoms. The van der Waals surface area contributed by atoms with Gasteiger partial charge in [0.2, 0.25) is 17.7 Å². The number of unbranched alkanes of at least 4 members (excludes halogenated alkanes) is 1. The quantitative estimate of drug-likeness (QED) is 0.0451. The van der Waals surface area contributed by atoms with Gasteiger partial charge in [0, 0.05) is 25.8 Å². The summed E-state index contributed by atoms with van der Waals surface area (Å²) in [4.78, 5) is 74.8. The van der Waals surface area contributed by atoms with Crippen molar-refractivity contribution < 1.29 is 52.8 Å². The minimum atomic E-state index is -1.11. The Hall–Kier alpha value is -6.84. The molecule has 4 atom stereocenters. The van der Waals surface area contributed by atoms with Crippen molar-refractivity contribution in [3.63, 3.8) is 0 Å². The molecule has 0 aliphatic carbocycles. The number of benzene rings is 2. The first-order valence-corrected chi connectivity index (χ1v) is 23.3. The Morgan fingerprint density at radius 3 is 1.35 bits per heavy atom. The first kappa shape index (κ1) is 64.2. The van der Waals surface area contributed by atoms with Crippen LogP contribution in [0.4, 0.5) is 9.59 Å². The number of carboxylic acid groups (broad SMARTS) is 1. The number of hydrogen-bond donors (Lipinski definition) is 11. The van der Waals surface area contributed by atoms with Gasteiger partial charge in [0.1, 0.15) is 52.0 Å². The van der Waals surface area contributed by atoms with Crippen molar-refractivity contribution in [3.8, 4) is 11.5 Å². The van der Waals surface area contributed by atoms with Crippen LogP contribution in [0.3, 0.4) is 0 Å². The summed E-state index contributed by atoms with van der Waals surface area (Å²) in [5, 5.41) is 23.8. The summed E-state index contributed by atoms with van der Waals surface area (Å²) in [5.41, 5.74) is 31.0. The third kappa shape index (κ3) is 34.2. The Labute approximate surface area is 418 Å². The standard InChI is InChI=1S/C24H40N6O5.C18H27NO5.C7H16N4O/c1-23(2,3)34-16-11-9-15(10-12-16)14-18(30-22(33)35-24(4,5)6)20(32)29-17(19(25)31)8-7-13-28-21(26)27;1-17(2,3)23-13-9-7-12(8-10-13)11-14(15(20)21)19-16(22)24-18(4,5)6;8-5(7(11)12)3-1-2-4-6(9)10/h9-12,17-18H,7-8,13-14H2,1-6H3,(H2,25,31)(H,29,32)(H,30,33)(H4,26,27,28);7-10,14H,11H2,1-6H3,(H,19,22)(H,20,21);5H,1-4,8H2,(H3,9,10)(H2,11,12). The average Bonchev–Trinajstić information content (AvgIpc) is 3.19. The monoisotopic (exact) mass is 1000 g/mol. The van der Waals surface area contributed by atoms with Gasteiger partial charge in [0.05, 0.1) is 11.9 Å². The highest BCUT2D eigenvalue weighted by molar-refractivity contribution is 5.91. The third-order valence-corrected chi connectivity index (χ3v) is 8.75. The number of ether oxygens (including phenoxy) is 4. The highest BCUT2D eigenvalue weighted by atomic mass is 16.6. The van der Waals surface area contributed by atoms with E-state index in [-0.39, 0.29) is 48.8 Å². The number of aliphatic imine (C=N–C) groups is 1. The lowest BCUT2D eigenvalue weighted by Gasteiger charge is -2.25. The summed E-state index contributed by atoms with van der Waals surface area (Å²) in [6, 6.07) is 10.7. The van der Waals surface area contributed by atoms with Gasteiger partial charge in [-0.1, -0.05) is 30.7 Å². The molecular weight excluding hydrogens is 919 g/mol. The number of primary amides is 2. The van der Waals surface area contributed by atoms with Gasteiger partial charge in [-0.15, -0.1) is 0 Å². The van der Waals surface area contributed by atoms with Gasteiger partial charge in [-0.05, 0) is 144 Å². The summed E-state index contributed by atoms with van der Waals surface area (Å²) in [6.07, 6.45) is 2.16. The molecule has 22 heteroatoms. The fraction of sp³-hybridized carbons (Fsp3) is 0.592. The Morgan fingerprint density at radius 1 is 0.577 bits per heavy atom. The smallest absolute Gasteiger partial charge is 0.408 e. The zero-order valence-electron chi connectivity index (χ0n) is 43.7. The Balaban J connectivity index is 0.00000117. The molecule has 0 aliphatic rings. The van der Waals surface area contributed by atoms with Crippen molar-refractivity contribution in [2.75, 3.05) is 6.54 Å². The third-order valence-electron chi connectivity index (χ3n) is 8.75. The summed E-state index contributed by atoms with van der Waals surface area (Å²) < 4.78 is 21.9. The number of amides is 5. The minimum Gasteiger partial charge on any atom is -0.488 e. The Kier molecular flexibility index (Phi) is 27.1. The van der Waals surface area contributed by atoms with Crippen LogP contribution in [0.15, 0.2) is 53.5 Å². The van der Waals surface area contributed by atoms with Gasteiger partial charge < -0.3 is 74.4 Å². The van der Waals surface area contributed by atoms with Crippen LogP contribution < -0.4 is 59.8 Å². The number of aliphatic carboxylic acids is 1. The molecular formula is C49H83N11O11. The summed E-state index contributed by atoms with van der Waals surface area (Å²) in [6.45, 7) is 22.3. The molecule has 5 amide bonds. The van der Waals surface area contributed by atoms with Crippen LogP contribution in [0, 0.1) is 5.41 Å². The molecule has 0 saturated heterocycles. The lowest BCUT2D eigenvalue weighted by Crippen LogP contribution is -2.54. The van der Waals surface area contributed by atoms with E-state index in [9.17, 15) is 33.9 Å². The number of carbonyl (C=O) groups is 6. The van der Waals surface area contributed by atoms with E-state index in [2.05, 4.69) is 20.9 Å². The number of guanidine groups is 1. The van der Waals surface area contributed by atoms with E-state index in [4.69, 9.17) is 58.8 Å². The molecule has 2 aromatic carbocycles. The van der Waals surface area contributed by atoms with Gasteiger partial charge in [0.15, 0.2) is 5.96 Å². The van der Waals surface area contributed by atoms with Gasteiger partial charge in [-0.2, -0.15) is 0 Å². The molecule has 0 bridgehead atoms. The summed E-state index contributed by atoms with van der Waals surface area (Å²) in [7, 11) is 0. The summed E-state index contributed by atoms with van der Waals surface area (Å²) >= 11 is 0. The van der Waals surface area contributed by atoms with Crippen LogP contribution >= 0.6 is 0 Å². The SMILES string of the molecule is CC(C)(C)OC(=O)NC(Cc1ccc(OC(C)(C)C)cc1)C(=O)NC(CCCN=C(N)N)C(N)=O.CC(C)(C)OC(=O)NC(Cc1ccc(OC(C)(C)C)cc1)C(=O)O.N=C(N)CCCCC(N)C(N)=O. The van der Waals surface area contributed by atoms with Gasteiger partial charge in [0.25, 0.3) is 0 Å². The lowest BCUT2D eigenvalue weighted by molar-refractivity contribution is -0.139. The van der Waals surface area contributed by atoms with Crippen molar-refractivity contribution in [1.29, 1.82) is 5.41 Å². The maximum Gasteiger partial charge on any atom is 0.408 e. The molecule has 22 nitrogen and oxygen atoms in total. The first-order valence-electron chi connectivity index (χ1n) is 23.3. The van der Waals surface area contributed by atoms with E-state index < -0.39 is 71.2 Å². The summed E-state index contributed by atoms with van der Waals surface area (Å²) in [5.74, 6) is -1.38. The van der Waals surface area contributed by atoms with E-state index in [1.54, 1.807) is 90.1 Å². The second-order valence-corrected chi connectivity index (χ2v) is 20.6. The van der Waals surface area contributed by atoms with Crippen LogP contribution in [0.1, 0.15) is 133 Å². The Bertz CT molecular complexity index is 2030. The molecule has 0 aliphatic heterocycles. The highest BCUT2D eigenvalue weighted by Crippen LogP contribution is 2.21. The van der Waals surface area contributed by atoms with Crippen LogP contribution in [0.2, 0.25) is 0 Å². The van der Waals surface area contributed by atoms with Crippen LogP contribution in [0.25, 0.3) is 0 Å². The number of rotatable bonds is 22. The van der Waals surface area contributed by atoms with Crippen molar-refractivity contribution in [2.45, 2.75) is 181 Å². The first-order chi connectivity index (χ1) is 32.4. The second kappa shape index (κ2) is 30.0.